The molecular weight excluding hydrogens is 507 g/mol. The summed E-state index contributed by atoms with van der Waals surface area (Å²) in [5.41, 5.74) is -2.65. The lowest BCUT2D eigenvalue weighted by molar-refractivity contribution is -0.265. The van der Waals surface area contributed by atoms with Gasteiger partial charge in [0.25, 0.3) is 5.92 Å². The maximum atomic E-state index is 13.7. The standard InChI is InChI=1S/C22H29F5N6O4/c1-19(2,3)37-18(35)31-15(10-36-20(4,5)22(25,26)27)14-9-33-16(30-14)6-13(7-29-33)8-32-12-21(23,24)11-28-17(32)34/h6-7,9,15H,8,10-12H2,1-5H3,(H,28,34)(H,31,35)/t15-/m0/s1. The van der Waals surface area contributed by atoms with Crippen molar-refractivity contribution in [1.82, 2.24) is 30.1 Å². The number of hydrogen-bond donors (Lipinski definition) is 2. The summed E-state index contributed by atoms with van der Waals surface area (Å²) < 4.78 is 78.9. The molecule has 37 heavy (non-hydrogen) atoms. The van der Waals surface area contributed by atoms with Gasteiger partial charge in [0.15, 0.2) is 11.2 Å². The van der Waals surface area contributed by atoms with Crippen molar-refractivity contribution < 1.29 is 41.0 Å². The second kappa shape index (κ2) is 9.91. The Labute approximate surface area is 209 Å². The average molecular weight is 537 g/mol. The number of urea groups is 1. The van der Waals surface area contributed by atoms with Gasteiger partial charge in [-0.3, -0.25) is 0 Å². The predicted octanol–water partition coefficient (Wildman–Crippen LogP) is 3.81. The molecule has 3 rings (SSSR count). The van der Waals surface area contributed by atoms with E-state index in [1.165, 1.54) is 23.0 Å². The van der Waals surface area contributed by atoms with Crippen molar-refractivity contribution in [2.75, 3.05) is 19.7 Å². The zero-order valence-corrected chi connectivity index (χ0v) is 20.9. The van der Waals surface area contributed by atoms with Crippen LogP contribution in [0.2, 0.25) is 0 Å². The Morgan fingerprint density at radius 3 is 2.54 bits per heavy atom. The van der Waals surface area contributed by atoms with E-state index in [2.05, 4.69) is 20.7 Å². The fraction of sp³-hybridized carbons (Fsp3) is 0.636. The molecule has 1 saturated heterocycles. The van der Waals surface area contributed by atoms with E-state index in [1.54, 1.807) is 20.8 Å². The van der Waals surface area contributed by atoms with Gasteiger partial charge >= 0.3 is 18.3 Å². The molecule has 1 fully saturated rings. The zero-order valence-electron chi connectivity index (χ0n) is 20.9. The number of alkyl carbamates (subject to hydrolysis) is 1. The zero-order chi connectivity index (χ0) is 27.8. The molecule has 0 unspecified atom stereocenters. The summed E-state index contributed by atoms with van der Waals surface area (Å²) in [7, 11) is 0. The smallest absolute Gasteiger partial charge is 0.416 e. The van der Waals surface area contributed by atoms with E-state index in [0.29, 0.717) is 5.56 Å². The fourth-order valence-electron chi connectivity index (χ4n) is 3.28. The molecule has 0 radical (unpaired) electrons. The lowest BCUT2D eigenvalue weighted by atomic mass is 10.1. The third-order valence-corrected chi connectivity index (χ3v) is 5.32. The Hall–Kier alpha value is -3.23. The van der Waals surface area contributed by atoms with Crippen molar-refractivity contribution in [2.45, 2.75) is 70.5 Å². The molecule has 1 atom stereocenters. The number of imidazole rings is 1. The molecule has 2 aromatic heterocycles. The van der Waals surface area contributed by atoms with Gasteiger partial charge in [0, 0.05) is 6.54 Å². The van der Waals surface area contributed by atoms with Gasteiger partial charge in [0.1, 0.15) is 5.60 Å². The summed E-state index contributed by atoms with van der Waals surface area (Å²) in [6.45, 7) is 4.31. The highest BCUT2D eigenvalue weighted by Gasteiger charge is 2.49. The minimum atomic E-state index is -4.67. The lowest BCUT2D eigenvalue weighted by Crippen LogP contribution is -2.56. The number of rotatable bonds is 7. The molecule has 0 aliphatic carbocycles. The number of halogens is 5. The molecule has 0 saturated carbocycles. The molecule has 10 nitrogen and oxygen atoms in total. The van der Waals surface area contributed by atoms with Crippen LogP contribution in [-0.4, -0.2) is 74.6 Å². The molecule has 15 heteroatoms. The van der Waals surface area contributed by atoms with E-state index >= 15 is 0 Å². The first-order valence-electron chi connectivity index (χ1n) is 11.3. The van der Waals surface area contributed by atoms with Crippen LogP contribution >= 0.6 is 0 Å². The van der Waals surface area contributed by atoms with Crippen LogP contribution in [0, 0.1) is 0 Å². The number of alkyl halides is 5. The van der Waals surface area contributed by atoms with Gasteiger partial charge in [0.2, 0.25) is 0 Å². The predicted molar refractivity (Wildman–Crippen MR) is 120 cm³/mol. The number of carbonyl (C=O) groups excluding carboxylic acids is 2. The van der Waals surface area contributed by atoms with Crippen LogP contribution in [-0.2, 0) is 16.0 Å². The van der Waals surface area contributed by atoms with E-state index in [1.807, 2.05) is 0 Å². The first-order valence-corrected chi connectivity index (χ1v) is 11.3. The van der Waals surface area contributed by atoms with Crippen molar-refractivity contribution >= 4 is 17.8 Å². The maximum absolute atomic E-state index is 13.7. The number of carbonyl (C=O) groups is 2. The second-order valence-electron chi connectivity index (χ2n) is 10.2. The molecule has 0 bridgehead atoms. The van der Waals surface area contributed by atoms with Gasteiger partial charge in [0.05, 0.1) is 43.8 Å². The molecule has 2 aromatic rings. The van der Waals surface area contributed by atoms with Crippen LogP contribution in [0.5, 0.6) is 0 Å². The largest absolute Gasteiger partial charge is 0.444 e. The number of aromatic nitrogens is 3. The van der Waals surface area contributed by atoms with Crippen LogP contribution in [0.4, 0.5) is 31.5 Å². The number of amides is 3. The fourth-order valence-corrected chi connectivity index (χ4v) is 3.28. The van der Waals surface area contributed by atoms with Crippen LogP contribution < -0.4 is 10.6 Å². The number of nitrogens with one attached hydrogen (secondary N) is 2. The Morgan fingerprint density at radius 1 is 1.24 bits per heavy atom. The quantitative estimate of drug-likeness (QED) is 0.521. The average Bonchev–Trinajstić information content (AvgIpc) is 3.15. The van der Waals surface area contributed by atoms with Gasteiger partial charge in [-0.25, -0.2) is 27.9 Å². The van der Waals surface area contributed by atoms with E-state index < -0.39 is 61.2 Å². The molecule has 2 N–H and O–H groups in total. The highest BCUT2D eigenvalue weighted by atomic mass is 19.4. The molecule has 3 heterocycles. The molecule has 1 aliphatic heterocycles. The van der Waals surface area contributed by atoms with Crippen molar-refractivity contribution in [1.29, 1.82) is 0 Å². The Bertz CT molecular complexity index is 1140. The first-order chi connectivity index (χ1) is 16.9. The van der Waals surface area contributed by atoms with E-state index in [9.17, 15) is 31.5 Å². The molecule has 3 amide bonds. The van der Waals surface area contributed by atoms with Gasteiger partial charge in [-0.2, -0.15) is 18.3 Å². The van der Waals surface area contributed by atoms with Gasteiger partial charge in [-0.15, -0.1) is 0 Å². The lowest BCUT2D eigenvalue weighted by Gasteiger charge is -2.32. The summed E-state index contributed by atoms with van der Waals surface area (Å²) in [5, 5.41) is 8.73. The van der Waals surface area contributed by atoms with Crippen molar-refractivity contribution in [3.8, 4) is 0 Å². The summed E-state index contributed by atoms with van der Waals surface area (Å²) >= 11 is 0. The summed E-state index contributed by atoms with van der Waals surface area (Å²) in [5.74, 6) is -3.09. The Morgan fingerprint density at radius 2 is 1.92 bits per heavy atom. The van der Waals surface area contributed by atoms with Crippen molar-refractivity contribution in [2.24, 2.45) is 0 Å². The van der Waals surface area contributed by atoms with Gasteiger partial charge in [-0.05, 0) is 46.2 Å². The SMILES string of the molecule is CC(C)(C)OC(=O)N[C@@H](COC(C)(C)C(F)(F)F)c1cn2ncc(CN3CC(F)(F)CNC3=O)cc2n1. The monoisotopic (exact) mass is 536 g/mol. The minimum absolute atomic E-state index is 0.121. The number of fused-ring (bicyclic) bond motifs is 1. The topological polar surface area (TPSA) is 110 Å². The molecule has 206 valence electrons. The van der Waals surface area contributed by atoms with Crippen LogP contribution in [0.15, 0.2) is 18.5 Å². The van der Waals surface area contributed by atoms with Gasteiger partial charge < -0.3 is 25.0 Å². The van der Waals surface area contributed by atoms with E-state index in [4.69, 9.17) is 9.47 Å². The van der Waals surface area contributed by atoms with Gasteiger partial charge in [-0.1, -0.05) is 0 Å². The van der Waals surface area contributed by atoms with Crippen molar-refractivity contribution in [3.63, 3.8) is 0 Å². The highest BCUT2D eigenvalue weighted by molar-refractivity contribution is 5.75. The molecule has 0 aromatic carbocycles. The molecular formula is C22H29F5N6O4. The third kappa shape index (κ3) is 7.40. The maximum Gasteiger partial charge on any atom is 0.416 e. The van der Waals surface area contributed by atoms with E-state index in [0.717, 1.165) is 18.7 Å². The number of ether oxygens (including phenoxy) is 2. The minimum Gasteiger partial charge on any atom is -0.444 e. The van der Waals surface area contributed by atoms with Crippen LogP contribution in [0.1, 0.15) is 51.9 Å². The summed E-state index contributed by atoms with van der Waals surface area (Å²) in [6.07, 6.45) is -2.84. The van der Waals surface area contributed by atoms with Crippen LogP contribution in [0.25, 0.3) is 5.65 Å². The normalized spacial score (nSPS) is 17.5. The highest BCUT2D eigenvalue weighted by Crippen LogP contribution is 2.33. The third-order valence-electron chi connectivity index (χ3n) is 5.32. The Balaban J connectivity index is 1.84. The summed E-state index contributed by atoms with van der Waals surface area (Å²) in [6, 6.07) is -0.309. The van der Waals surface area contributed by atoms with Crippen LogP contribution in [0.3, 0.4) is 0 Å². The molecule has 1 aliphatic rings. The number of hydrogen-bond acceptors (Lipinski definition) is 6. The second-order valence-corrected chi connectivity index (χ2v) is 10.2. The molecule has 0 spiro atoms. The Kier molecular flexibility index (Phi) is 7.59. The number of nitrogens with zero attached hydrogens (tertiary/aromatic N) is 4. The summed E-state index contributed by atoms with van der Waals surface area (Å²) in [4.78, 5) is 29.6. The van der Waals surface area contributed by atoms with Crippen molar-refractivity contribution in [3.05, 3.63) is 29.7 Å². The van der Waals surface area contributed by atoms with E-state index in [-0.39, 0.29) is 17.9 Å². The first kappa shape index (κ1) is 28.3.